The quantitative estimate of drug-likeness (QED) is 0.796. The van der Waals surface area contributed by atoms with Crippen molar-refractivity contribution in [2.24, 2.45) is 5.92 Å². The summed E-state index contributed by atoms with van der Waals surface area (Å²) >= 11 is 0. The summed E-state index contributed by atoms with van der Waals surface area (Å²) in [6, 6.07) is -0.00547. The van der Waals surface area contributed by atoms with Gasteiger partial charge in [-0.15, -0.1) is 0 Å². The normalized spacial score (nSPS) is 16.2. The lowest BCUT2D eigenvalue weighted by Crippen LogP contribution is -2.45. The van der Waals surface area contributed by atoms with Gasteiger partial charge in [0.05, 0.1) is 0 Å². The van der Waals surface area contributed by atoms with Crippen LogP contribution in [0, 0.1) is 5.92 Å². The number of urea groups is 1. The number of H-pyrrole nitrogens is 1. The molecule has 0 radical (unpaired) electrons. The Morgan fingerprint density at radius 1 is 1.42 bits per heavy atom. The second-order valence-corrected chi connectivity index (χ2v) is 4.76. The van der Waals surface area contributed by atoms with E-state index >= 15 is 0 Å². The van der Waals surface area contributed by atoms with Crippen LogP contribution in [0.15, 0.2) is 6.33 Å². The third-order valence-corrected chi connectivity index (χ3v) is 3.18. The van der Waals surface area contributed by atoms with E-state index in [1.807, 2.05) is 0 Å². The smallest absolute Gasteiger partial charge is 0.319 e. The van der Waals surface area contributed by atoms with Gasteiger partial charge in [0.1, 0.15) is 6.33 Å². The van der Waals surface area contributed by atoms with Crippen LogP contribution < -0.4 is 5.32 Å². The number of hydrogen-bond acceptors (Lipinski definition) is 4. The lowest BCUT2D eigenvalue weighted by atomic mass is 9.96. The van der Waals surface area contributed by atoms with Crippen LogP contribution in [0.2, 0.25) is 0 Å². The highest BCUT2D eigenvalue weighted by molar-refractivity contribution is 5.91. The van der Waals surface area contributed by atoms with Gasteiger partial charge in [-0.05, 0) is 12.8 Å². The highest BCUT2D eigenvalue weighted by Gasteiger charge is 2.28. The molecule has 1 aromatic rings. The van der Waals surface area contributed by atoms with Crippen molar-refractivity contribution in [2.75, 3.05) is 32.5 Å². The molecule has 19 heavy (non-hydrogen) atoms. The fraction of sp³-hybridized carbons (Fsp3) is 0.636. The zero-order valence-corrected chi connectivity index (χ0v) is 11.1. The first-order valence-electron chi connectivity index (χ1n) is 6.20. The van der Waals surface area contributed by atoms with Crippen molar-refractivity contribution >= 4 is 17.9 Å². The Balaban J connectivity index is 1.83. The first-order chi connectivity index (χ1) is 9.08. The van der Waals surface area contributed by atoms with Crippen LogP contribution in [-0.4, -0.2) is 64.1 Å². The third-order valence-electron chi connectivity index (χ3n) is 3.18. The summed E-state index contributed by atoms with van der Waals surface area (Å²) in [5.41, 5.74) is 0. The number of piperidine rings is 1. The number of aromatic amines is 1. The molecule has 1 aliphatic heterocycles. The predicted molar refractivity (Wildman–Crippen MR) is 68.4 cm³/mol. The summed E-state index contributed by atoms with van der Waals surface area (Å²) in [6.45, 7) is 1.21. The molecule has 104 valence electrons. The fourth-order valence-electron chi connectivity index (χ4n) is 2.10. The molecule has 2 N–H and O–H groups in total. The molecule has 2 rings (SSSR count). The maximum absolute atomic E-state index is 12.0. The second kappa shape index (κ2) is 5.68. The molecule has 1 aromatic heterocycles. The molecule has 0 spiro atoms. The average Bonchev–Trinajstić information content (AvgIpc) is 2.90. The number of aromatic nitrogens is 3. The van der Waals surface area contributed by atoms with E-state index in [0.29, 0.717) is 31.9 Å². The second-order valence-electron chi connectivity index (χ2n) is 4.76. The fourth-order valence-corrected chi connectivity index (χ4v) is 2.10. The third kappa shape index (κ3) is 3.21. The number of nitrogens with one attached hydrogen (secondary N) is 2. The molecule has 0 atom stereocenters. The molecule has 3 amide bonds. The van der Waals surface area contributed by atoms with Crippen LogP contribution in [0.1, 0.15) is 12.8 Å². The van der Waals surface area contributed by atoms with Crippen molar-refractivity contribution in [3.8, 4) is 0 Å². The Kier molecular flexibility index (Phi) is 3.98. The Labute approximate surface area is 111 Å². The Morgan fingerprint density at radius 3 is 2.63 bits per heavy atom. The van der Waals surface area contributed by atoms with Crippen LogP contribution in [0.4, 0.5) is 10.7 Å². The zero-order chi connectivity index (χ0) is 13.8. The maximum atomic E-state index is 12.0. The molecule has 0 unspecified atom stereocenters. The molecule has 1 saturated heterocycles. The first-order valence-corrected chi connectivity index (χ1v) is 6.20. The molecular weight excluding hydrogens is 248 g/mol. The van der Waals surface area contributed by atoms with Crippen LogP contribution in [0.3, 0.4) is 0 Å². The summed E-state index contributed by atoms with van der Waals surface area (Å²) in [5, 5.41) is 8.93. The summed E-state index contributed by atoms with van der Waals surface area (Å²) in [5.74, 6) is 0.196. The number of carbonyl (C=O) groups is 2. The van der Waals surface area contributed by atoms with Gasteiger partial charge in [0.25, 0.3) is 0 Å². The van der Waals surface area contributed by atoms with Gasteiger partial charge >= 0.3 is 6.03 Å². The van der Waals surface area contributed by atoms with E-state index < -0.39 is 0 Å². The lowest BCUT2D eigenvalue weighted by molar-refractivity contribution is -0.121. The zero-order valence-electron chi connectivity index (χ0n) is 11.1. The SMILES string of the molecule is CN(C)C(=O)N1CCC(C(=O)Nc2ncn[nH]2)CC1. The maximum Gasteiger partial charge on any atom is 0.319 e. The van der Waals surface area contributed by atoms with Crippen molar-refractivity contribution in [1.29, 1.82) is 0 Å². The van der Waals surface area contributed by atoms with E-state index in [1.165, 1.54) is 6.33 Å². The van der Waals surface area contributed by atoms with Gasteiger partial charge in [0, 0.05) is 33.1 Å². The topological polar surface area (TPSA) is 94.2 Å². The standard InChI is InChI=1S/C11H18N6O2/c1-16(2)11(19)17-5-3-8(4-6-17)9(18)14-10-12-7-13-15-10/h7-8H,3-6H2,1-2H3,(H2,12,13,14,15,18). The number of likely N-dealkylation sites (tertiary alicyclic amines) is 1. The monoisotopic (exact) mass is 266 g/mol. The molecule has 8 heteroatoms. The molecule has 0 saturated carbocycles. The molecule has 1 fully saturated rings. The summed E-state index contributed by atoms with van der Waals surface area (Å²) in [6.07, 6.45) is 2.67. The average molecular weight is 266 g/mol. The van der Waals surface area contributed by atoms with Crippen LogP contribution in [-0.2, 0) is 4.79 Å². The Hall–Kier alpha value is -2.12. The molecule has 0 bridgehead atoms. The van der Waals surface area contributed by atoms with Crippen molar-refractivity contribution in [1.82, 2.24) is 25.0 Å². The van der Waals surface area contributed by atoms with Crippen LogP contribution in [0.5, 0.6) is 0 Å². The predicted octanol–water partition coefficient (Wildman–Crippen LogP) is 0.137. The van der Waals surface area contributed by atoms with E-state index in [4.69, 9.17) is 0 Å². The van der Waals surface area contributed by atoms with Crippen molar-refractivity contribution in [2.45, 2.75) is 12.8 Å². The molecular formula is C11H18N6O2. The van der Waals surface area contributed by atoms with E-state index in [9.17, 15) is 9.59 Å². The molecule has 0 aromatic carbocycles. The van der Waals surface area contributed by atoms with Gasteiger partial charge in [0.2, 0.25) is 11.9 Å². The minimum Gasteiger partial charge on any atom is -0.331 e. The van der Waals surface area contributed by atoms with Crippen LogP contribution in [0.25, 0.3) is 0 Å². The van der Waals surface area contributed by atoms with E-state index in [0.717, 1.165) is 0 Å². The van der Waals surface area contributed by atoms with E-state index in [1.54, 1.807) is 23.9 Å². The molecule has 0 aliphatic carbocycles. The van der Waals surface area contributed by atoms with Crippen molar-refractivity contribution in [3.05, 3.63) is 6.33 Å². The number of nitrogens with zero attached hydrogens (tertiary/aromatic N) is 4. The van der Waals surface area contributed by atoms with Gasteiger partial charge in [-0.1, -0.05) is 0 Å². The summed E-state index contributed by atoms with van der Waals surface area (Å²) in [7, 11) is 3.45. The number of amides is 3. The minimum atomic E-state index is -0.0867. The first kappa shape index (κ1) is 13.3. The highest BCUT2D eigenvalue weighted by Crippen LogP contribution is 2.19. The minimum absolute atomic E-state index is 0.00547. The summed E-state index contributed by atoms with van der Waals surface area (Å²) < 4.78 is 0. The van der Waals surface area contributed by atoms with Gasteiger partial charge in [-0.25, -0.2) is 9.89 Å². The summed E-state index contributed by atoms with van der Waals surface area (Å²) in [4.78, 5) is 30.9. The van der Waals surface area contributed by atoms with Gasteiger partial charge in [-0.3, -0.25) is 10.1 Å². The van der Waals surface area contributed by atoms with E-state index in [-0.39, 0.29) is 17.9 Å². The van der Waals surface area contributed by atoms with Gasteiger partial charge < -0.3 is 9.80 Å². The number of carbonyl (C=O) groups excluding carboxylic acids is 2. The lowest BCUT2D eigenvalue weighted by Gasteiger charge is -2.32. The van der Waals surface area contributed by atoms with Crippen molar-refractivity contribution < 1.29 is 9.59 Å². The molecule has 8 nitrogen and oxygen atoms in total. The molecule has 1 aliphatic rings. The molecule has 2 heterocycles. The van der Waals surface area contributed by atoms with Gasteiger partial charge in [0.15, 0.2) is 0 Å². The van der Waals surface area contributed by atoms with Crippen LogP contribution >= 0.6 is 0 Å². The highest BCUT2D eigenvalue weighted by atomic mass is 16.2. The van der Waals surface area contributed by atoms with Gasteiger partial charge in [-0.2, -0.15) is 10.1 Å². The number of hydrogen-bond donors (Lipinski definition) is 2. The number of anilines is 1. The van der Waals surface area contributed by atoms with E-state index in [2.05, 4.69) is 20.5 Å². The largest absolute Gasteiger partial charge is 0.331 e. The number of rotatable bonds is 2. The Morgan fingerprint density at radius 2 is 2.11 bits per heavy atom. The Bertz CT molecular complexity index is 436. The van der Waals surface area contributed by atoms with Crippen molar-refractivity contribution in [3.63, 3.8) is 0 Å².